The summed E-state index contributed by atoms with van der Waals surface area (Å²) in [7, 11) is 0. The van der Waals surface area contributed by atoms with E-state index in [1.807, 2.05) is 0 Å². The summed E-state index contributed by atoms with van der Waals surface area (Å²) in [6.45, 7) is 0.848. The molecular weight excluding hydrogens is 413 g/mol. The summed E-state index contributed by atoms with van der Waals surface area (Å²) in [6.07, 6.45) is -4.12. The Morgan fingerprint density at radius 1 is 1.28 bits per heavy atom. The number of anilines is 1. The third kappa shape index (κ3) is 4.02. The van der Waals surface area contributed by atoms with Crippen LogP contribution in [-0.4, -0.2) is 34.3 Å². The lowest BCUT2D eigenvalue weighted by Crippen LogP contribution is -2.42. The molecule has 152 valence electrons. The van der Waals surface area contributed by atoms with E-state index in [4.69, 9.17) is 11.6 Å². The molecule has 0 bridgehead atoms. The number of pyridine rings is 1. The molecule has 1 saturated heterocycles. The van der Waals surface area contributed by atoms with Gasteiger partial charge in [-0.3, -0.25) is 14.5 Å². The van der Waals surface area contributed by atoms with Gasteiger partial charge in [-0.05, 0) is 18.6 Å². The molecule has 1 aliphatic heterocycles. The highest BCUT2D eigenvalue weighted by Gasteiger charge is 2.49. The minimum atomic E-state index is -4.64. The molecule has 3 rings (SSSR count). The number of rotatable bonds is 4. The van der Waals surface area contributed by atoms with Crippen LogP contribution >= 0.6 is 11.6 Å². The first-order valence-electron chi connectivity index (χ1n) is 8.24. The number of nitrogens with zero attached hydrogens (tertiary/aromatic N) is 2. The molecule has 1 aromatic carbocycles. The number of carbonyl (C=O) groups is 3. The molecule has 29 heavy (non-hydrogen) atoms. The van der Waals surface area contributed by atoms with Crippen LogP contribution in [-0.2, 0) is 21.3 Å². The zero-order chi connectivity index (χ0) is 21.4. The molecule has 1 atom stereocenters. The zero-order valence-electron chi connectivity index (χ0n) is 14.9. The molecule has 1 unspecified atom stereocenters. The SMILES string of the molecule is CC1(c2ccccc2)NC(=O)N(CC(=O)Nc2ncc(C(F)(F)F)cc2Cl)C1=O. The van der Waals surface area contributed by atoms with Crippen LogP contribution in [0, 0.1) is 0 Å². The smallest absolute Gasteiger partial charge is 0.319 e. The highest BCUT2D eigenvalue weighted by atomic mass is 35.5. The molecule has 0 spiro atoms. The average Bonchev–Trinajstić information content (AvgIpc) is 2.87. The summed E-state index contributed by atoms with van der Waals surface area (Å²) in [6, 6.07) is 8.32. The van der Waals surface area contributed by atoms with Crippen molar-refractivity contribution in [2.24, 2.45) is 0 Å². The van der Waals surface area contributed by atoms with Gasteiger partial charge in [0.1, 0.15) is 12.1 Å². The van der Waals surface area contributed by atoms with Crippen LogP contribution in [0.4, 0.5) is 23.8 Å². The number of halogens is 4. The molecule has 1 aliphatic rings. The lowest BCUT2D eigenvalue weighted by molar-refractivity contribution is -0.137. The molecule has 2 heterocycles. The van der Waals surface area contributed by atoms with Gasteiger partial charge in [0.25, 0.3) is 5.91 Å². The van der Waals surface area contributed by atoms with Gasteiger partial charge in [0.2, 0.25) is 5.91 Å². The van der Waals surface area contributed by atoms with Crippen molar-refractivity contribution in [3.05, 3.63) is 58.7 Å². The van der Waals surface area contributed by atoms with Crippen LogP contribution in [0.3, 0.4) is 0 Å². The Balaban J connectivity index is 1.73. The molecule has 0 aliphatic carbocycles. The van der Waals surface area contributed by atoms with Crippen LogP contribution in [0.2, 0.25) is 5.02 Å². The van der Waals surface area contributed by atoms with Crippen molar-refractivity contribution in [2.75, 3.05) is 11.9 Å². The van der Waals surface area contributed by atoms with Crippen molar-refractivity contribution < 1.29 is 27.6 Å². The summed E-state index contributed by atoms with van der Waals surface area (Å²) in [5, 5.41) is 4.31. The van der Waals surface area contributed by atoms with Gasteiger partial charge in [0.05, 0.1) is 10.6 Å². The monoisotopic (exact) mass is 426 g/mol. The van der Waals surface area contributed by atoms with Crippen molar-refractivity contribution in [3.8, 4) is 0 Å². The largest absolute Gasteiger partial charge is 0.417 e. The van der Waals surface area contributed by atoms with Crippen LogP contribution in [0.5, 0.6) is 0 Å². The van der Waals surface area contributed by atoms with E-state index in [-0.39, 0.29) is 5.82 Å². The minimum absolute atomic E-state index is 0.317. The van der Waals surface area contributed by atoms with Crippen molar-refractivity contribution in [1.29, 1.82) is 0 Å². The Labute approximate surface area is 167 Å². The van der Waals surface area contributed by atoms with E-state index in [2.05, 4.69) is 15.6 Å². The molecule has 7 nitrogen and oxygen atoms in total. The van der Waals surface area contributed by atoms with Crippen molar-refractivity contribution in [3.63, 3.8) is 0 Å². The quantitative estimate of drug-likeness (QED) is 0.735. The molecule has 1 fully saturated rings. The maximum absolute atomic E-state index is 12.7. The van der Waals surface area contributed by atoms with E-state index in [0.29, 0.717) is 22.7 Å². The number of hydrogen-bond acceptors (Lipinski definition) is 4. The van der Waals surface area contributed by atoms with Crippen LogP contribution < -0.4 is 10.6 Å². The van der Waals surface area contributed by atoms with E-state index in [1.165, 1.54) is 6.92 Å². The Kier molecular flexibility index (Phi) is 5.22. The van der Waals surface area contributed by atoms with Gasteiger partial charge >= 0.3 is 12.2 Å². The predicted octanol–water partition coefficient (Wildman–Crippen LogP) is 3.16. The topological polar surface area (TPSA) is 91.4 Å². The van der Waals surface area contributed by atoms with Gasteiger partial charge in [-0.25, -0.2) is 9.78 Å². The van der Waals surface area contributed by atoms with E-state index < -0.39 is 46.7 Å². The standard InChI is InChI=1S/C18H14ClF3N4O3/c1-17(10-5-3-2-4-6-10)15(28)26(16(29)25-17)9-13(27)24-14-12(19)7-11(8-23-14)18(20,21)22/h2-8H,9H2,1H3,(H,25,29)(H,23,24,27). The normalized spacial score (nSPS) is 19.3. The second-order valence-corrected chi connectivity index (χ2v) is 6.82. The Morgan fingerprint density at radius 2 is 1.93 bits per heavy atom. The number of aromatic nitrogens is 1. The summed E-state index contributed by atoms with van der Waals surface area (Å²) in [5.74, 6) is -1.81. The number of hydrogen-bond donors (Lipinski definition) is 2. The second kappa shape index (κ2) is 7.36. The molecule has 4 amide bonds. The predicted molar refractivity (Wildman–Crippen MR) is 96.9 cm³/mol. The van der Waals surface area contributed by atoms with Gasteiger partial charge in [-0.15, -0.1) is 0 Å². The highest BCUT2D eigenvalue weighted by Crippen LogP contribution is 2.32. The highest BCUT2D eigenvalue weighted by molar-refractivity contribution is 6.33. The molecule has 0 saturated carbocycles. The van der Waals surface area contributed by atoms with Crippen LogP contribution in [0.1, 0.15) is 18.1 Å². The summed E-state index contributed by atoms with van der Waals surface area (Å²) in [4.78, 5) is 41.4. The lowest BCUT2D eigenvalue weighted by Gasteiger charge is -2.22. The maximum atomic E-state index is 12.7. The number of urea groups is 1. The lowest BCUT2D eigenvalue weighted by atomic mass is 9.92. The van der Waals surface area contributed by atoms with E-state index >= 15 is 0 Å². The second-order valence-electron chi connectivity index (χ2n) is 6.41. The number of carbonyl (C=O) groups excluding carboxylic acids is 3. The average molecular weight is 427 g/mol. The van der Waals surface area contributed by atoms with Gasteiger partial charge in [0, 0.05) is 6.20 Å². The Bertz CT molecular complexity index is 984. The molecular formula is C18H14ClF3N4O3. The third-order valence-electron chi connectivity index (χ3n) is 4.35. The number of nitrogens with one attached hydrogen (secondary N) is 2. The van der Waals surface area contributed by atoms with Crippen LogP contribution in [0.15, 0.2) is 42.6 Å². The third-order valence-corrected chi connectivity index (χ3v) is 4.64. The molecule has 11 heteroatoms. The van der Waals surface area contributed by atoms with Crippen molar-refractivity contribution >= 4 is 35.3 Å². The Morgan fingerprint density at radius 3 is 2.52 bits per heavy atom. The molecule has 0 radical (unpaired) electrons. The van der Waals surface area contributed by atoms with Crippen molar-refractivity contribution in [1.82, 2.24) is 15.2 Å². The summed E-state index contributed by atoms with van der Waals surface area (Å²) in [5.41, 5.74) is -1.88. The first-order chi connectivity index (χ1) is 13.5. The number of benzene rings is 1. The van der Waals surface area contributed by atoms with E-state index in [1.54, 1.807) is 30.3 Å². The van der Waals surface area contributed by atoms with Gasteiger partial charge < -0.3 is 10.6 Å². The Hall–Kier alpha value is -3.14. The minimum Gasteiger partial charge on any atom is -0.319 e. The molecule has 2 aromatic rings. The summed E-state index contributed by atoms with van der Waals surface area (Å²) >= 11 is 5.74. The summed E-state index contributed by atoms with van der Waals surface area (Å²) < 4.78 is 38.0. The van der Waals surface area contributed by atoms with Gasteiger partial charge in [-0.1, -0.05) is 41.9 Å². The number of amides is 4. The van der Waals surface area contributed by atoms with Gasteiger partial charge in [-0.2, -0.15) is 13.2 Å². The molecule has 2 N–H and O–H groups in total. The van der Waals surface area contributed by atoms with Crippen LogP contribution in [0.25, 0.3) is 0 Å². The van der Waals surface area contributed by atoms with E-state index in [0.717, 1.165) is 0 Å². The fourth-order valence-electron chi connectivity index (χ4n) is 2.81. The fourth-order valence-corrected chi connectivity index (χ4v) is 3.02. The first kappa shape index (κ1) is 20.6. The van der Waals surface area contributed by atoms with Gasteiger partial charge in [0.15, 0.2) is 5.82 Å². The van der Waals surface area contributed by atoms with Crippen molar-refractivity contribution in [2.45, 2.75) is 18.6 Å². The fraction of sp³-hybridized carbons (Fsp3) is 0.222. The zero-order valence-corrected chi connectivity index (χ0v) is 15.6. The maximum Gasteiger partial charge on any atom is 0.417 e. The molecule has 1 aromatic heterocycles. The number of alkyl halides is 3. The first-order valence-corrected chi connectivity index (χ1v) is 8.62. The number of imide groups is 1. The van der Waals surface area contributed by atoms with E-state index in [9.17, 15) is 27.6 Å².